The van der Waals surface area contributed by atoms with Crippen molar-refractivity contribution in [3.05, 3.63) is 82.2 Å². The Morgan fingerprint density at radius 1 is 1.09 bits per heavy atom. The molecule has 2 aromatic carbocycles. The second-order valence-electron chi connectivity index (χ2n) is 8.37. The van der Waals surface area contributed by atoms with Gasteiger partial charge in [-0.3, -0.25) is 14.4 Å². The number of aliphatic carboxylic acids is 1. The molecule has 2 amide bonds. The van der Waals surface area contributed by atoms with Gasteiger partial charge in [0, 0.05) is 35.2 Å². The quantitative estimate of drug-likeness (QED) is 0.420. The van der Waals surface area contributed by atoms with E-state index < -0.39 is 5.97 Å². The third-order valence-electron chi connectivity index (χ3n) is 6.10. The first kappa shape index (κ1) is 23.0. The summed E-state index contributed by atoms with van der Waals surface area (Å²) in [5.74, 6) is -0.827. The van der Waals surface area contributed by atoms with Gasteiger partial charge in [-0.15, -0.1) is 0 Å². The Bertz CT molecular complexity index is 1280. The number of aryl methyl sites for hydroxylation is 2. The minimum atomic E-state index is -0.813. The molecule has 0 fully saturated rings. The van der Waals surface area contributed by atoms with Gasteiger partial charge in [0.25, 0.3) is 5.91 Å². The van der Waals surface area contributed by atoms with Gasteiger partial charge in [0.05, 0.1) is 12.0 Å². The van der Waals surface area contributed by atoms with Crippen LogP contribution in [-0.2, 0) is 33.6 Å². The second kappa shape index (κ2) is 9.79. The summed E-state index contributed by atoms with van der Waals surface area (Å²) in [7, 11) is 0. The van der Waals surface area contributed by atoms with E-state index in [4.69, 9.17) is 5.11 Å². The molecular formula is C27H27N3O4. The first-order valence-electron chi connectivity index (χ1n) is 11.3. The number of carbonyl (C=O) groups excluding carboxylic acids is 2. The number of nitrogens with one attached hydrogen (secondary N) is 3. The molecule has 2 aliphatic rings. The van der Waals surface area contributed by atoms with Crippen molar-refractivity contribution in [1.82, 2.24) is 4.98 Å². The van der Waals surface area contributed by atoms with E-state index in [1.54, 1.807) is 0 Å². The summed E-state index contributed by atoms with van der Waals surface area (Å²) in [5.41, 5.74) is 8.42. The largest absolute Gasteiger partial charge is 0.481 e. The number of carbonyl (C=O) groups is 3. The smallest absolute Gasteiger partial charge is 0.303 e. The highest BCUT2D eigenvalue weighted by molar-refractivity contribution is 6.34. The van der Waals surface area contributed by atoms with Gasteiger partial charge in [-0.1, -0.05) is 31.2 Å². The molecule has 3 heterocycles. The third-order valence-corrected chi connectivity index (χ3v) is 6.10. The maximum absolute atomic E-state index is 12.3. The van der Waals surface area contributed by atoms with E-state index in [-0.39, 0.29) is 18.2 Å². The van der Waals surface area contributed by atoms with Gasteiger partial charge in [-0.05, 0) is 66.3 Å². The molecule has 3 aromatic rings. The molecule has 7 heteroatoms. The zero-order valence-electron chi connectivity index (χ0n) is 19.2. The molecule has 0 unspecified atom stereocenters. The summed E-state index contributed by atoms with van der Waals surface area (Å²) >= 11 is 0. The molecule has 4 N–H and O–H groups in total. The van der Waals surface area contributed by atoms with Crippen LogP contribution >= 0.6 is 0 Å². The first-order valence-corrected chi connectivity index (χ1v) is 11.3. The predicted octanol–water partition coefficient (Wildman–Crippen LogP) is 4.58. The number of benzene rings is 2. The number of carboxylic acids is 1. The SMILES string of the molecule is CCc1ccc2c(c1)C(=Cc1[nH]cc(CCC(=O)O)c1C)C(=O)N2.O=C1Cc2ccccc2N1. The van der Waals surface area contributed by atoms with Crippen LogP contribution in [0, 0.1) is 6.92 Å². The Morgan fingerprint density at radius 2 is 1.88 bits per heavy atom. The highest BCUT2D eigenvalue weighted by atomic mass is 16.4. The van der Waals surface area contributed by atoms with Gasteiger partial charge in [-0.2, -0.15) is 0 Å². The van der Waals surface area contributed by atoms with Crippen molar-refractivity contribution >= 4 is 40.8 Å². The van der Waals surface area contributed by atoms with Crippen LogP contribution in [0.15, 0.2) is 48.7 Å². The Hall–Kier alpha value is -4.13. The van der Waals surface area contributed by atoms with Crippen LogP contribution in [0.4, 0.5) is 11.4 Å². The van der Waals surface area contributed by atoms with Crippen LogP contribution < -0.4 is 10.6 Å². The number of rotatable bonds is 5. The van der Waals surface area contributed by atoms with Gasteiger partial charge in [0.2, 0.25) is 5.91 Å². The van der Waals surface area contributed by atoms with E-state index in [2.05, 4.69) is 22.5 Å². The van der Waals surface area contributed by atoms with Crippen molar-refractivity contribution in [2.75, 3.05) is 10.6 Å². The zero-order valence-corrected chi connectivity index (χ0v) is 19.2. The topological polar surface area (TPSA) is 111 Å². The van der Waals surface area contributed by atoms with E-state index in [0.29, 0.717) is 18.4 Å². The number of aromatic nitrogens is 1. The molecule has 34 heavy (non-hydrogen) atoms. The van der Waals surface area contributed by atoms with Gasteiger partial charge in [-0.25, -0.2) is 0 Å². The summed E-state index contributed by atoms with van der Waals surface area (Å²) in [5, 5.41) is 14.5. The highest BCUT2D eigenvalue weighted by Gasteiger charge is 2.24. The number of amides is 2. The molecule has 5 rings (SSSR count). The molecule has 0 atom stereocenters. The van der Waals surface area contributed by atoms with E-state index in [1.165, 1.54) is 5.56 Å². The Balaban J connectivity index is 0.000000226. The van der Waals surface area contributed by atoms with Crippen LogP contribution in [0.5, 0.6) is 0 Å². The number of carboxylic acid groups (broad SMARTS) is 1. The van der Waals surface area contributed by atoms with Crippen molar-refractivity contribution < 1.29 is 19.5 Å². The van der Waals surface area contributed by atoms with Crippen LogP contribution in [0.3, 0.4) is 0 Å². The minimum absolute atomic E-state index is 0.0951. The van der Waals surface area contributed by atoms with Gasteiger partial charge < -0.3 is 20.7 Å². The van der Waals surface area contributed by atoms with Crippen LogP contribution in [0.2, 0.25) is 0 Å². The number of anilines is 2. The maximum atomic E-state index is 12.3. The second-order valence-corrected chi connectivity index (χ2v) is 8.37. The van der Waals surface area contributed by atoms with E-state index in [0.717, 1.165) is 45.7 Å². The molecule has 1 aromatic heterocycles. The Kier molecular flexibility index (Phi) is 6.63. The number of fused-ring (bicyclic) bond motifs is 2. The van der Waals surface area contributed by atoms with Gasteiger partial charge in [0.15, 0.2) is 0 Å². The van der Waals surface area contributed by atoms with E-state index in [1.807, 2.05) is 61.7 Å². The van der Waals surface area contributed by atoms with Gasteiger partial charge in [0.1, 0.15) is 0 Å². The first-order chi connectivity index (χ1) is 16.4. The van der Waals surface area contributed by atoms with Crippen LogP contribution in [-0.4, -0.2) is 27.9 Å². The number of hydrogen-bond donors (Lipinski definition) is 4. The lowest BCUT2D eigenvalue weighted by Crippen LogP contribution is -2.03. The fraction of sp³-hybridized carbons (Fsp3) is 0.222. The number of aromatic amines is 1. The third kappa shape index (κ3) is 4.93. The summed E-state index contributed by atoms with van der Waals surface area (Å²) in [6.07, 6.45) is 5.69. The molecule has 174 valence electrons. The standard InChI is InChI=1S/C19H20N2O3.C8H7NO/c1-3-12-4-6-16-14(8-12)15(19(24)21-16)9-17-11(2)13(10-20-17)5-7-18(22)23;10-8-5-6-3-1-2-4-7(6)9-8/h4,6,8-10,20H,3,5,7H2,1-2H3,(H,21,24)(H,22,23);1-4H,5H2,(H,9,10). The van der Waals surface area contributed by atoms with Crippen molar-refractivity contribution in [2.45, 2.75) is 39.5 Å². The molecule has 7 nitrogen and oxygen atoms in total. The summed E-state index contributed by atoms with van der Waals surface area (Å²) < 4.78 is 0. The van der Waals surface area contributed by atoms with E-state index >= 15 is 0 Å². The average molecular weight is 458 g/mol. The summed E-state index contributed by atoms with van der Waals surface area (Å²) in [6.45, 7) is 4.02. The molecule has 0 bridgehead atoms. The zero-order chi connectivity index (χ0) is 24.2. The van der Waals surface area contributed by atoms with Crippen molar-refractivity contribution in [3.63, 3.8) is 0 Å². The molecule has 0 saturated heterocycles. The summed E-state index contributed by atoms with van der Waals surface area (Å²) in [6, 6.07) is 13.7. The van der Waals surface area contributed by atoms with Crippen molar-refractivity contribution in [3.8, 4) is 0 Å². The average Bonchev–Trinajstić information content (AvgIpc) is 3.47. The fourth-order valence-electron chi connectivity index (χ4n) is 4.11. The number of hydrogen-bond acceptors (Lipinski definition) is 3. The molecule has 0 radical (unpaired) electrons. The Morgan fingerprint density at radius 3 is 2.62 bits per heavy atom. The molecule has 2 aliphatic heterocycles. The number of H-pyrrole nitrogens is 1. The predicted molar refractivity (Wildman–Crippen MR) is 133 cm³/mol. The molecule has 0 spiro atoms. The normalized spacial score (nSPS) is 14.7. The molecule has 0 aliphatic carbocycles. The number of para-hydroxylation sites is 1. The monoisotopic (exact) mass is 457 g/mol. The van der Waals surface area contributed by atoms with Crippen molar-refractivity contribution in [1.29, 1.82) is 0 Å². The fourth-order valence-corrected chi connectivity index (χ4v) is 4.11. The van der Waals surface area contributed by atoms with Crippen LogP contribution in [0.1, 0.15) is 46.9 Å². The van der Waals surface area contributed by atoms with Crippen LogP contribution in [0.25, 0.3) is 11.6 Å². The molecular weight excluding hydrogens is 430 g/mol. The van der Waals surface area contributed by atoms with Crippen molar-refractivity contribution in [2.24, 2.45) is 0 Å². The Labute approximate surface area is 197 Å². The summed E-state index contributed by atoms with van der Waals surface area (Å²) in [4.78, 5) is 37.0. The highest BCUT2D eigenvalue weighted by Crippen LogP contribution is 2.34. The molecule has 0 saturated carbocycles. The lowest BCUT2D eigenvalue weighted by molar-refractivity contribution is -0.137. The van der Waals surface area contributed by atoms with Gasteiger partial charge >= 0.3 is 5.97 Å². The maximum Gasteiger partial charge on any atom is 0.303 e. The lowest BCUT2D eigenvalue weighted by atomic mass is 10.0. The lowest BCUT2D eigenvalue weighted by Gasteiger charge is -2.02. The van der Waals surface area contributed by atoms with E-state index in [9.17, 15) is 14.4 Å². The minimum Gasteiger partial charge on any atom is -0.481 e.